The van der Waals surface area contributed by atoms with E-state index in [4.69, 9.17) is 0 Å². The number of benzene rings is 3. The first-order chi connectivity index (χ1) is 16.7. The van der Waals surface area contributed by atoms with Crippen LogP contribution in [-0.2, 0) is 16.9 Å². The van der Waals surface area contributed by atoms with Gasteiger partial charge in [0.05, 0.1) is 27.0 Å². The van der Waals surface area contributed by atoms with E-state index < -0.39 is 32.6 Å². The van der Waals surface area contributed by atoms with Crippen LogP contribution >= 0.6 is 15.9 Å². The Morgan fingerprint density at radius 3 is 2.37 bits per heavy atom. The van der Waals surface area contributed by atoms with E-state index in [0.29, 0.717) is 20.9 Å². The Morgan fingerprint density at radius 2 is 1.63 bits per heavy atom. The zero-order valence-corrected chi connectivity index (χ0v) is 20.8. The molecule has 0 fully saturated rings. The van der Waals surface area contributed by atoms with Crippen molar-refractivity contribution in [1.82, 2.24) is 14.1 Å². The summed E-state index contributed by atoms with van der Waals surface area (Å²) in [6.45, 7) is 0. The van der Waals surface area contributed by atoms with Gasteiger partial charge in [0.1, 0.15) is 11.4 Å². The summed E-state index contributed by atoms with van der Waals surface area (Å²) < 4.78 is 29.0. The van der Waals surface area contributed by atoms with Gasteiger partial charge in [-0.05, 0) is 42.5 Å². The molecule has 2 heterocycles. The third kappa shape index (κ3) is 3.84. The molecule has 0 aliphatic heterocycles. The van der Waals surface area contributed by atoms with Crippen LogP contribution in [0.1, 0.15) is 10.5 Å². The monoisotopic (exact) mass is 551 g/mol. The molecule has 0 saturated carbocycles. The number of sulfone groups is 1. The van der Waals surface area contributed by atoms with E-state index >= 15 is 0 Å². The molecule has 0 aliphatic rings. The number of aryl methyl sites for hydroxylation is 1. The Labute approximate surface area is 207 Å². The van der Waals surface area contributed by atoms with E-state index in [1.807, 2.05) is 0 Å². The summed E-state index contributed by atoms with van der Waals surface area (Å²) in [5, 5.41) is 0.708. The van der Waals surface area contributed by atoms with Crippen molar-refractivity contribution in [3.63, 3.8) is 0 Å². The number of halogens is 1. The van der Waals surface area contributed by atoms with Crippen LogP contribution in [-0.4, -0.2) is 34.1 Å². The fourth-order valence-electron chi connectivity index (χ4n) is 4.26. The van der Waals surface area contributed by atoms with Crippen molar-refractivity contribution in [2.24, 2.45) is 7.05 Å². The summed E-state index contributed by atoms with van der Waals surface area (Å²) in [6.07, 6.45) is 0. The summed E-state index contributed by atoms with van der Waals surface area (Å²) in [5.74, 6) is -1.56. The summed E-state index contributed by atoms with van der Waals surface area (Å²) in [4.78, 5) is 42.8. The van der Waals surface area contributed by atoms with Gasteiger partial charge in [-0.3, -0.25) is 9.59 Å². The number of hydrogen-bond donors (Lipinski definition) is 1. The van der Waals surface area contributed by atoms with Gasteiger partial charge in [0, 0.05) is 16.9 Å². The molecule has 0 atom stereocenters. The lowest BCUT2D eigenvalue weighted by Gasteiger charge is -2.10. The minimum Gasteiger partial charge on any atom is -0.339 e. The highest BCUT2D eigenvalue weighted by Gasteiger charge is 2.29. The first kappa shape index (κ1) is 23.0. The predicted octanol–water partition coefficient (Wildman–Crippen LogP) is 3.59. The van der Waals surface area contributed by atoms with Crippen molar-refractivity contribution in [3.05, 3.63) is 104 Å². The van der Waals surface area contributed by atoms with E-state index in [2.05, 4.69) is 20.9 Å². The first-order valence-corrected chi connectivity index (χ1v) is 13.0. The van der Waals surface area contributed by atoms with Gasteiger partial charge in [0.15, 0.2) is 15.6 Å². The molecule has 0 spiro atoms. The standard InChI is InChI=1S/C25H18BrN3O5S/c1-28-20-12-11-15(26)13-18(20)22(29-24(31)17-9-5-6-10-19(17)27-25(29)32)23(28)21(30)14-35(33,34)16-7-3-2-4-8-16/h2-13H,14H2,1H3,(H,27,32). The Balaban J connectivity index is 1.81. The molecule has 10 heteroatoms. The third-order valence-electron chi connectivity index (χ3n) is 5.85. The van der Waals surface area contributed by atoms with Gasteiger partial charge in [-0.2, -0.15) is 0 Å². The molecule has 5 aromatic rings. The largest absolute Gasteiger partial charge is 0.339 e. The molecule has 0 bridgehead atoms. The van der Waals surface area contributed by atoms with Crippen LogP contribution in [0.25, 0.3) is 27.5 Å². The molecular formula is C25H18BrN3O5S. The molecule has 0 amide bonds. The van der Waals surface area contributed by atoms with Crippen LogP contribution in [0.2, 0.25) is 0 Å². The van der Waals surface area contributed by atoms with Crippen molar-refractivity contribution in [3.8, 4) is 5.69 Å². The molecule has 0 saturated heterocycles. The Kier molecular flexibility index (Phi) is 5.57. The smallest absolute Gasteiger partial charge is 0.333 e. The summed E-state index contributed by atoms with van der Waals surface area (Å²) in [6, 6.07) is 19.4. The van der Waals surface area contributed by atoms with Crippen molar-refractivity contribution < 1.29 is 13.2 Å². The molecule has 5 rings (SSSR count). The second-order valence-corrected chi connectivity index (χ2v) is 10.9. The molecular weight excluding hydrogens is 534 g/mol. The maximum atomic E-state index is 13.6. The summed E-state index contributed by atoms with van der Waals surface area (Å²) in [5.41, 5.74) is -0.449. The molecule has 0 radical (unpaired) electrons. The zero-order chi connectivity index (χ0) is 24.9. The number of H-pyrrole nitrogens is 1. The zero-order valence-electron chi connectivity index (χ0n) is 18.4. The molecule has 176 valence electrons. The number of ketones is 1. The van der Waals surface area contributed by atoms with E-state index in [-0.39, 0.29) is 21.7 Å². The Hall–Kier alpha value is -3.76. The lowest BCUT2D eigenvalue weighted by Crippen LogP contribution is -2.35. The number of fused-ring (bicyclic) bond motifs is 2. The maximum absolute atomic E-state index is 13.6. The van der Waals surface area contributed by atoms with Gasteiger partial charge in [0.2, 0.25) is 0 Å². The Morgan fingerprint density at radius 1 is 0.943 bits per heavy atom. The van der Waals surface area contributed by atoms with Crippen molar-refractivity contribution in [1.29, 1.82) is 0 Å². The number of nitrogens with one attached hydrogen (secondary N) is 1. The fourth-order valence-corrected chi connectivity index (χ4v) is 5.84. The average Bonchev–Trinajstić information content (AvgIpc) is 3.11. The van der Waals surface area contributed by atoms with Crippen LogP contribution in [0.15, 0.2) is 91.8 Å². The maximum Gasteiger partial charge on any atom is 0.333 e. The van der Waals surface area contributed by atoms with E-state index in [0.717, 1.165) is 4.57 Å². The Bertz CT molecular complexity index is 1870. The lowest BCUT2D eigenvalue weighted by atomic mass is 10.2. The van der Waals surface area contributed by atoms with Gasteiger partial charge >= 0.3 is 5.69 Å². The number of nitrogens with zero attached hydrogens (tertiary/aromatic N) is 2. The van der Waals surface area contributed by atoms with Crippen molar-refractivity contribution in [2.45, 2.75) is 4.90 Å². The minimum atomic E-state index is -3.97. The first-order valence-electron chi connectivity index (χ1n) is 10.5. The number of aromatic amines is 1. The summed E-state index contributed by atoms with van der Waals surface area (Å²) >= 11 is 3.40. The minimum absolute atomic E-state index is 0.0112. The van der Waals surface area contributed by atoms with Gasteiger partial charge in [-0.15, -0.1) is 0 Å². The number of para-hydroxylation sites is 1. The van der Waals surface area contributed by atoms with Crippen LogP contribution in [0.5, 0.6) is 0 Å². The van der Waals surface area contributed by atoms with Crippen molar-refractivity contribution in [2.75, 3.05) is 5.75 Å². The molecule has 2 aromatic heterocycles. The highest BCUT2D eigenvalue weighted by molar-refractivity contribution is 9.10. The van der Waals surface area contributed by atoms with Gasteiger partial charge in [-0.1, -0.05) is 46.3 Å². The number of rotatable bonds is 5. The number of carbonyl (C=O) groups excluding carboxylic acids is 1. The lowest BCUT2D eigenvalue weighted by molar-refractivity contribution is 0.101. The fraction of sp³-hybridized carbons (Fsp3) is 0.0800. The molecule has 0 unspecified atom stereocenters. The van der Waals surface area contributed by atoms with Gasteiger partial charge in [0.25, 0.3) is 5.56 Å². The van der Waals surface area contributed by atoms with Crippen LogP contribution in [0.3, 0.4) is 0 Å². The second-order valence-electron chi connectivity index (χ2n) is 8.03. The molecule has 35 heavy (non-hydrogen) atoms. The SMILES string of the molecule is Cn1c(C(=O)CS(=O)(=O)c2ccccc2)c(-n2c(=O)[nH]c3ccccc3c2=O)c2cc(Br)ccc21. The average molecular weight is 552 g/mol. The molecule has 0 aliphatic carbocycles. The second kappa shape index (κ2) is 8.47. The van der Waals surface area contributed by atoms with E-state index in [1.54, 1.807) is 67.7 Å². The molecule has 1 N–H and O–H groups in total. The van der Waals surface area contributed by atoms with Gasteiger partial charge in [-0.25, -0.2) is 17.8 Å². The number of carbonyl (C=O) groups is 1. The third-order valence-corrected chi connectivity index (χ3v) is 7.98. The number of hydrogen-bond acceptors (Lipinski definition) is 5. The van der Waals surface area contributed by atoms with E-state index in [1.165, 1.54) is 16.7 Å². The topological polar surface area (TPSA) is 111 Å². The van der Waals surface area contributed by atoms with Crippen LogP contribution < -0.4 is 11.2 Å². The van der Waals surface area contributed by atoms with Crippen molar-refractivity contribution >= 4 is 53.4 Å². The van der Waals surface area contributed by atoms with Crippen LogP contribution in [0, 0.1) is 0 Å². The number of aromatic nitrogens is 3. The van der Waals surface area contributed by atoms with Gasteiger partial charge < -0.3 is 9.55 Å². The quantitative estimate of drug-likeness (QED) is 0.335. The number of Topliss-reactive ketones (excluding diaryl/α,β-unsaturated/α-hetero) is 1. The predicted molar refractivity (Wildman–Crippen MR) is 137 cm³/mol. The van der Waals surface area contributed by atoms with E-state index in [9.17, 15) is 22.8 Å². The molecule has 8 nitrogen and oxygen atoms in total. The molecule has 3 aromatic carbocycles. The highest BCUT2D eigenvalue weighted by Crippen LogP contribution is 2.31. The summed E-state index contributed by atoms with van der Waals surface area (Å²) in [7, 11) is -2.37. The normalized spacial score (nSPS) is 11.8. The highest BCUT2D eigenvalue weighted by atomic mass is 79.9. The van der Waals surface area contributed by atoms with Crippen LogP contribution in [0.4, 0.5) is 0 Å².